The molecule has 0 spiro atoms. The number of aryl methyl sites for hydroxylation is 1. The molecule has 5 aliphatic heterocycles. The van der Waals surface area contributed by atoms with Crippen LogP contribution < -0.4 is 55.3 Å². The van der Waals surface area contributed by atoms with Crippen LogP contribution in [0.5, 0.6) is 23.0 Å². The van der Waals surface area contributed by atoms with Crippen LogP contribution in [0.2, 0.25) is 0 Å². The Bertz CT molecular complexity index is 3470. The summed E-state index contributed by atoms with van der Waals surface area (Å²) in [5.74, 6) is -1.77. The number of benzene rings is 5. The molecule has 5 aromatic carbocycles. The smallest absolute Gasteiger partial charge is 0.261 e. The third kappa shape index (κ3) is 12.0. The van der Waals surface area contributed by atoms with Crippen molar-refractivity contribution >= 4 is 81.9 Å². The molecule has 82 heavy (non-hydrogen) atoms. The Kier molecular flexibility index (Phi) is 16.4. The van der Waals surface area contributed by atoms with Crippen LogP contribution in [0.4, 0.5) is 28.4 Å². The van der Waals surface area contributed by atoms with Crippen LogP contribution in [0, 0.1) is 6.92 Å². The van der Waals surface area contributed by atoms with Gasteiger partial charge in [0.05, 0.1) is 48.8 Å². The molecular formula is C61H63N9O12. The van der Waals surface area contributed by atoms with Crippen molar-refractivity contribution in [1.82, 2.24) is 20.9 Å². The summed E-state index contributed by atoms with van der Waals surface area (Å²) in [7, 11) is 2.99. The molecule has 0 bridgehead atoms. The SMILES string of the molecule is COc1cc2c(cc1OCc1cc(COc3cc4c(cc3OC)C(=O)N3c5ccc(C)cc5C[C@H]3CN4)cc(NC(=O)[C@H](C)NC(=O)[C@H](C)NC(=O)CCCCC(=O)NCCN3C(=O)C=CC3=O)c1)N=C[C@@H]1Cc3ccccc3N1C2=O. The van der Waals surface area contributed by atoms with Crippen LogP contribution in [-0.2, 0) is 54.8 Å². The number of nitrogens with zero attached hydrogens (tertiary/aromatic N) is 4. The number of methoxy groups -OCH3 is 2. The maximum atomic E-state index is 14.2. The van der Waals surface area contributed by atoms with Crippen LogP contribution in [0.1, 0.15) is 88.1 Å². The van der Waals surface area contributed by atoms with E-state index in [9.17, 15) is 38.4 Å². The van der Waals surface area contributed by atoms with Crippen LogP contribution in [-0.4, -0.2) is 116 Å². The highest BCUT2D eigenvalue weighted by Crippen LogP contribution is 2.43. The van der Waals surface area contributed by atoms with E-state index in [-0.39, 0.29) is 69.0 Å². The first-order valence-corrected chi connectivity index (χ1v) is 27.2. The van der Waals surface area contributed by atoms with Crippen LogP contribution in [0.15, 0.2) is 102 Å². The predicted octanol–water partition coefficient (Wildman–Crippen LogP) is 6.00. The summed E-state index contributed by atoms with van der Waals surface area (Å²) in [6.45, 7) is 5.65. The molecule has 5 heterocycles. The second kappa shape index (κ2) is 24.1. The topological polar surface area (TPSA) is 256 Å². The molecule has 0 radical (unpaired) electrons. The van der Waals surface area contributed by atoms with Gasteiger partial charge in [-0.2, -0.15) is 0 Å². The molecule has 5 N–H and O–H groups in total. The van der Waals surface area contributed by atoms with Crippen molar-refractivity contribution in [2.45, 2.75) is 96.7 Å². The molecule has 424 valence electrons. The summed E-state index contributed by atoms with van der Waals surface area (Å²) < 4.78 is 24.5. The number of carbonyl (C=O) groups is 8. The largest absolute Gasteiger partial charge is 0.493 e. The molecule has 21 heteroatoms. The first-order valence-electron chi connectivity index (χ1n) is 27.2. The molecule has 0 aliphatic carbocycles. The van der Waals surface area contributed by atoms with Gasteiger partial charge in [0.25, 0.3) is 23.6 Å². The number of imide groups is 1. The molecule has 0 unspecified atom stereocenters. The zero-order valence-electron chi connectivity index (χ0n) is 46.1. The van der Waals surface area contributed by atoms with Gasteiger partial charge in [-0.3, -0.25) is 53.1 Å². The number of rotatable bonds is 21. The molecule has 5 aliphatic rings. The Balaban J connectivity index is 0.807. The van der Waals surface area contributed by atoms with E-state index in [2.05, 4.69) is 32.7 Å². The quantitative estimate of drug-likeness (QED) is 0.0418. The first-order chi connectivity index (χ1) is 39.5. The third-order valence-electron chi connectivity index (χ3n) is 15.0. The lowest BCUT2D eigenvalue weighted by Gasteiger charge is -2.23. The summed E-state index contributed by atoms with van der Waals surface area (Å²) >= 11 is 0. The van der Waals surface area contributed by atoms with Crippen molar-refractivity contribution in [3.05, 3.63) is 136 Å². The van der Waals surface area contributed by atoms with Gasteiger partial charge in [0.1, 0.15) is 25.3 Å². The zero-order chi connectivity index (χ0) is 57.8. The van der Waals surface area contributed by atoms with E-state index >= 15 is 0 Å². The number of nitrogens with one attached hydrogen (secondary N) is 5. The number of ether oxygens (including phenoxy) is 4. The molecule has 0 saturated carbocycles. The van der Waals surface area contributed by atoms with E-state index in [0.29, 0.717) is 88.1 Å². The summed E-state index contributed by atoms with van der Waals surface area (Å²) in [4.78, 5) is 113. The molecule has 4 atom stereocenters. The Hall–Kier alpha value is -9.53. The van der Waals surface area contributed by atoms with Crippen molar-refractivity contribution in [1.29, 1.82) is 0 Å². The zero-order valence-corrected chi connectivity index (χ0v) is 46.1. The molecule has 5 aromatic rings. The Morgan fingerprint density at radius 2 is 1.33 bits per heavy atom. The summed E-state index contributed by atoms with van der Waals surface area (Å²) in [5.41, 5.74) is 8.40. The summed E-state index contributed by atoms with van der Waals surface area (Å²) in [5, 5.41) is 14.3. The molecule has 8 amide bonds. The number of anilines is 4. The Morgan fingerprint density at radius 3 is 2.05 bits per heavy atom. The lowest BCUT2D eigenvalue weighted by atomic mass is 10.1. The van der Waals surface area contributed by atoms with Crippen molar-refractivity contribution in [2.24, 2.45) is 4.99 Å². The molecule has 0 fully saturated rings. The number of amides is 8. The molecular weight excluding hydrogens is 1050 g/mol. The summed E-state index contributed by atoms with van der Waals surface area (Å²) in [6.07, 6.45) is 6.38. The minimum absolute atomic E-state index is 0.0267. The highest BCUT2D eigenvalue weighted by molar-refractivity contribution is 6.15. The number of hydrogen-bond acceptors (Lipinski definition) is 14. The van der Waals surface area contributed by atoms with Gasteiger partial charge in [-0.1, -0.05) is 35.9 Å². The number of para-hydroxylation sites is 1. The van der Waals surface area contributed by atoms with Gasteiger partial charge in [-0.15, -0.1) is 0 Å². The third-order valence-corrected chi connectivity index (χ3v) is 15.0. The van der Waals surface area contributed by atoms with Gasteiger partial charge in [0, 0.05) is 86.5 Å². The normalized spacial score (nSPS) is 17.0. The Labute approximate surface area is 473 Å². The van der Waals surface area contributed by atoms with Crippen molar-refractivity contribution in [3.8, 4) is 23.0 Å². The first kappa shape index (κ1) is 55.8. The van der Waals surface area contributed by atoms with Crippen LogP contribution in [0.25, 0.3) is 0 Å². The average Bonchev–Trinajstić information content (AvgIpc) is 4.25. The fraction of sp³-hybridized carbons (Fsp3) is 0.328. The van der Waals surface area contributed by atoms with Gasteiger partial charge >= 0.3 is 0 Å². The molecule has 21 nitrogen and oxygen atoms in total. The van der Waals surface area contributed by atoms with Crippen molar-refractivity contribution < 1.29 is 57.3 Å². The fourth-order valence-electron chi connectivity index (χ4n) is 10.8. The molecule has 0 aromatic heterocycles. The predicted molar refractivity (Wildman–Crippen MR) is 305 cm³/mol. The van der Waals surface area contributed by atoms with Crippen molar-refractivity contribution in [3.63, 3.8) is 0 Å². The number of carbonyl (C=O) groups excluding carboxylic acids is 8. The standard InChI is InChI=1S/C61H63N9O12/c1-34-14-15-49-40(20-34)25-43-31-64-47-29-53(51(80-5)27-45(47)61(78)70(43)49)82-33-38-21-37(32-81-52-28-46-44(26-50(52)79-4)60(77)69-42(30-63-46)24-39-10-6-7-11-48(39)69)22-41(23-38)67-59(76)36(3)66-58(75)35(2)65-55(72)13-9-8-12-54(71)62-18-19-68-56(73)16-17-57(68)74/h6-7,10-11,14-17,20-23,26-30,35-36,42-43,64H,8-9,12-13,18-19,24-25,31-33H2,1-5H3,(H,62,71)(H,65,72)(H,66,75)(H,67,76)/t35-,36-,42-,43-/m0/s1. The van der Waals surface area contributed by atoms with E-state index < -0.39 is 41.6 Å². The average molecular weight is 1110 g/mol. The van der Waals surface area contributed by atoms with E-state index in [1.807, 2.05) is 54.3 Å². The van der Waals surface area contributed by atoms with Gasteiger partial charge in [0.2, 0.25) is 23.6 Å². The molecule has 10 rings (SSSR count). The van der Waals surface area contributed by atoms with Gasteiger partial charge in [0.15, 0.2) is 23.0 Å². The van der Waals surface area contributed by atoms with E-state index in [4.69, 9.17) is 23.9 Å². The van der Waals surface area contributed by atoms with E-state index in [1.165, 1.54) is 40.2 Å². The summed E-state index contributed by atoms with van der Waals surface area (Å²) in [6, 6.07) is 23.5. The number of unbranched alkanes of at least 4 members (excludes halogenated alkanes) is 1. The van der Waals surface area contributed by atoms with E-state index in [1.54, 1.807) is 47.5 Å². The minimum atomic E-state index is -1.06. The van der Waals surface area contributed by atoms with Crippen LogP contribution in [0.3, 0.4) is 0 Å². The van der Waals surface area contributed by atoms with Crippen molar-refractivity contribution in [2.75, 3.05) is 54.3 Å². The number of fused-ring (bicyclic) bond motifs is 8. The highest BCUT2D eigenvalue weighted by atomic mass is 16.5. The van der Waals surface area contributed by atoms with Gasteiger partial charge in [-0.25, -0.2) is 0 Å². The lowest BCUT2D eigenvalue weighted by Crippen LogP contribution is -2.50. The maximum absolute atomic E-state index is 14.2. The Morgan fingerprint density at radius 1 is 0.683 bits per heavy atom. The maximum Gasteiger partial charge on any atom is 0.261 e. The fourth-order valence-corrected chi connectivity index (χ4v) is 10.8. The molecule has 0 saturated heterocycles. The second-order valence-electron chi connectivity index (χ2n) is 20.8. The minimum Gasteiger partial charge on any atom is -0.493 e. The lowest BCUT2D eigenvalue weighted by molar-refractivity contribution is -0.137. The second-order valence-corrected chi connectivity index (χ2v) is 20.8. The highest BCUT2D eigenvalue weighted by Gasteiger charge is 2.39. The van der Waals surface area contributed by atoms with Crippen LogP contribution >= 0.6 is 0 Å². The number of aliphatic imine (C=N–C) groups is 1. The number of hydrogen-bond donors (Lipinski definition) is 5. The van der Waals surface area contributed by atoms with Gasteiger partial charge < -0.3 is 50.4 Å². The van der Waals surface area contributed by atoms with E-state index in [0.717, 1.165) is 39.4 Å². The monoisotopic (exact) mass is 1110 g/mol. The van der Waals surface area contributed by atoms with Gasteiger partial charge in [-0.05, 0) is 105 Å².